The second-order valence-corrected chi connectivity index (χ2v) is 2.19. The van der Waals surface area contributed by atoms with Crippen LogP contribution in [-0.2, 0) is 41.8 Å². The van der Waals surface area contributed by atoms with Crippen molar-refractivity contribution < 1.29 is 46.7 Å². The topological polar surface area (TPSA) is 76.7 Å². The second kappa shape index (κ2) is 9.33. The molecule has 0 aliphatic rings. The minimum Gasteiger partial charge on any atom is -0.269 e. The van der Waals surface area contributed by atoms with E-state index in [1.807, 2.05) is 0 Å². The molecule has 0 aromatic carbocycles. The third kappa shape index (κ3) is 9.33. The van der Waals surface area contributed by atoms with E-state index in [0.717, 1.165) is 0 Å². The van der Waals surface area contributed by atoms with Crippen molar-refractivity contribution in [1.82, 2.24) is 5.43 Å². The number of hydrogen-bond donors (Lipinski definition) is 3. The Morgan fingerprint density at radius 2 is 2.33 bits per heavy atom. The molecule has 0 aromatic rings. The van der Waals surface area contributed by atoms with Crippen LogP contribution in [0.25, 0.3) is 0 Å². The maximum Gasteiger partial charge on any atom is 0.396 e. The van der Waals surface area contributed by atoms with Gasteiger partial charge in [-0.15, -0.1) is 0 Å². The summed E-state index contributed by atoms with van der Waals surface area (Å²) < 4.78 is 8.93. The van der Waals surface area contributed by atoms with E-state index in [1.165, 1.54) is 7.11 Å². The molecule has 0 spiro atoms. The number of nitrogens with two attached hydrogens (primary N) is 1. The number of hydrazine groups is 1. The van der Waals surface area contributed by atoms with Crippen LogP contribution in [0.1, 0.15) is 0 Å². The number of nitrogens with one attached hydrogen (secondary N) is 1. The van der Waals surface area contributed by atoms with Gasteiger partial charge >= 0.3 is 8.60 Å². The van der Waals surface area contributed by atoms with Crippen LogP contribution in [-0.4, -0.2) is 18.7 Å². The molecule has 0 aliphatic heterocycles. The zero-order valence-corrected chi connectivity index (χ0v) is 8.96. The SMILES string of the molecule is CO[PH+](O)OCNN.[Y]. The fourth-order valence-electron chi connectivity index (χ4n) is 0.162. The summed E-state index contributed by atoms with van der Waals surface area (Å²) in [6, 6.07) is 0. The van der Waals surface area contributed by atoms with Crippen LogP contribution in [0.2, 0.25) is 0 Å². The Morgan fingerprint density at radius 1 is 1.78 bits per heavy atom. The molecule has 5 nitrogen and oxygen atoms in total. The first-order valence-corrected chi connectivity index (χ1v) is 3.23. The van der Waals surface area contributed by atoms with Gasteiger partial charge in [-0.2, -0.15) is 13.9 Å². The summed E-state index contributed by atoms with van der Waals surface area (Å²) in [6.45, 7) is 0.110. The van der Waals surface area contributed by atoms with Crippen LogP contribution in [0.3, 0.4) is 0 Å². The van der Waals surface area contributed by atoms with Gasteiger partial charge in [0.2, 0.25) is 0 Å². The number of hydrogen-bond acceptors (Lipinski definition) is 5. The zero-order valence-electron chi connectivity index (χ0n) is 5.13. The van der Waals surface area contributed by atoms with E-state index in [2.05, 4.69) is 14.5 Å². The van der Waals surface area contributed by atoms with E-state index >= 15 is 0 Å². The summed E-state index contributed by atoms with van der Waals surface area (Å²) in [7, 11) is -0.668. The van der Waals surface area contributed by atoms with Gasteiger partial charge in [0.25, 0.3) is 0 Å². The van der Waals surface area contributed by atoms with E-state index in [-0.39, 0.29) is 39.4 Å². The minimum atomic E-state index is -2.03. The third-order valence-corrected chi connectivity index (χ3v) is 1.19. The van der Waals surface area contributed by atoms with Crippen LogP contribution in [0, 0.1) is 0 Å². The predicted octanol–water partition coefficient (Wildman–Crippen LogP) is -0.981. The maximum atomic E-state index is 8.55. The average molecular weight is 230 g/mol. The predicted molar refractivity (Wildman–Crippen MR) is 30.8 cm³/mol. The van der Waals surface area contributed by atoms with Crippen molar-refractivity contribution in [3.8, 4) is 0 Å². The fraction of sp³-hybridized carbons (Fsp3) is 1.00. The smallest absolute Gasteiger partial charge is 0.269 e. The van der Waals surface area contributed by atoms with Gasteiger partial charge in [0.1, 0.15) is 0 Å². The number of rotatable bonds is 4. The monoisotopic (exact) mass is 230 g/mol. The molecule has 0 rings (SSSR count). The molecule has 4 N–H and O–H groups in total. The Labute approximate surface area is 80.1 Å². The van der Waals surface area contributed by atoms with Crippen LogP contribution in [0.4, 0.5) is 0 Å². The third-order valence-electron chi connectivity index (χ3n) is 0.454. The average Bonchev–Trinajstić information content (AvgIpc) is 1.83. The van der Waals surface area contributed by atoms with Gasteiger partial charge < -0.3 is 0 Å². The van der Waals surface area contributed by atoms with Gasteiger partial charge in [-0.3, -0.25) is 5.84 Å². The minimum absolute atomic E-state index is 0. The van der Waals surface area contributed by atoms with Gasteiger partial charge in [0, 0.05) is 32.7 Å². The van der Waals surface area contributed by atoms with E-state index in [4.69, 9.17) is 10.7 Å². The van der Waals surface area contributed by atoms with Crippen molar-refractivity contribution >= 4 is 8.60 Å². The van der Waals surface area contributed by atoms with Crippen molar-refractivity contribution in [2.75, 3.05) is 13.8 Å². The molecule has 1 atom stereocenters. The van der Waals surface area contributed by atoms with Gasteiger partial charge in [-0.05, 0) is 0 Å². The molecular formula is C2H10N2O3PY+. The normalized spacial score (nSPS) is 12.3. The molecule has 1 unspecified atom stereocenters. The molecule has 0 saturated carbocycles. The molecular weight excluding hydrogens is 220 g/mol. The second-order valence-electron chi connectivity index (χ2n) is 0.963. The molecule has 53 valence electrons. The van der Waals surface area contributed by atoms with Gasteiger partial charge in [0.15, 0.2) is 6.73 Å². The van der Waals surface area contributed by atoms with Crippen molar-refractivity contribution in [2.45, 2.75) is 0 Å². The molecule has 1 radical (unpaired) electrons. The standard InChI is InChI=1S/C2H10N2O3P.Y/c1-6-8(5)7-2-4-3;/h4-5,8H,2-3H2,1H3;/q+1;. The maximum absolute atomic E-state index is 8.55. The quantitative estimate of drug-likeness (QED) is 0.250. The van der Waals surface area contributed by atoms with Gasteiger partial charge in [-0.25, -0.2) is 5.43 Å². The van der Waals surface area contributed by atoms with E-state index in [0.29, 0.717) is 0 Å². The Morgan fingerprint density at radius 3 is 2.67 bits per heavy atom. The molecule has 0 saturated heterocycles. The van der Waals surface area contributed by atoms with E-state index in [1.54, 1.807) is 0 Å². The van der Waals surface area contributed by atoms with Gasteiger partial charge in [-0.1, -0.05) is 0 Å². The molecule has 0 amide bonds. The van der Waals surface area contributed by atoms with E-state index < -0.39 is 8.60 Å². The van der Waals surface area contributed by atoms with Crippen molar-refractivity contribution in [3.63, 3.8) is 0 Å². The van der Waals surface area contributed by atoms with Crippen LogP contribution >= 0.6 is 8.60 Å². The van der Waals surface area contributed by atoms with E-state index in [9.17, 15) is 0 Å². The van der Waals surface area contributed by atoms with Crippen LogP contribution in [0.5, 0.6) is 0 Å². The summed E-state index contributed by atoms with van der Waals surface area (Å²) in [5.41, 5.74) is 2.20. The first-order valence-electron chi connectivity index (χ1n) is 1.97. The molecule has 7 heteroatoms. The molecule has 0 fully saturated rings. The first-order chi connectivity index (χ1) is 3.81. The van der Waals surface area contributed by atoms with Crippen molar-refractivity contribution in [3.05, 3.63) is 0 Å². The summed E-state index contributed by atoms with van der Waals surface area (Å²) in [6.07, 6.45) is 0. The Balaban J connectivity index is 0. The first kappa shape index (κ1) is 13.0. The Bertz CT molecular complexity index is 59.1. The van der Waals surface area contributed by atoms with Crippen LogP contribution in [0.15, 0.2) is 0 Å². The molecule has 0 aliphatic carbocycles. The van der Waals surface area contributed by atoms with Crippen molar-refractivity contribution in [1.29, 1.82) is 0 Å². The molecule has 0 aromatic heterocycles. The summed E-state index contributed by atoms with van der Waals surface area (Å²) in [5, 5.41) is 0. The Hall–Kier alpha value is 1.33. The summed E-state index contributed by atoms with van der Waals surface area (Å²) in [5.74, 6) is 4.81. The van der Waals surface area contributed by atoms with Crippen LogP contribution < -0.4 is 11.3 Å². The van der Waals surface area contributed by atoms with Crippen molar-refractivity contribution in [2.24, 2.45) is 5.84 Å². The Kier molecular flexibility index (Phi) is 13.4. The zero-order chi connectivity index (χ0) is 6.41. The molecule has 0 heterocycles. The summed E-state index contributed by atoms with van der Waals surface area (Å²) in [4.78, 5) is 8.55. The fourth-order valence-corrected chi connectivity index (χ4v) is 0.487. The largest absolute Gasteiger partial charge is 0.396 e. The van der Waals surface area contributed by atoms with Gasteiger partial charge in [0.05, 0.1) is 7.11 Å². The molecule has 0 bridgehead atoms. The summed E-state index contributed by atoms with van der Waals surface area (Å²) >= 11 is 0. The molecule has 9 heavy (non-hydrogen) atoms.